The van der Waals surface area contributed by atoms with E-state index in [1.165, 1.54) is 0 Å². The van der Waals surface area contributed by atoms with Crippen molar-refractivity contribution in [2.24, 2.45) is 10.9 Å². The standard InChI is InChI=1S/C14H12Cl2N2O2/c15-11-2-1-3-12(7-11)20-8-10-5-4-9(6-13(10)16)14(17)18-19/h1-7,19H,8H2,(H2,17,18). The van der Waals surface area contributed by atoms with Crippen LogP contribution < -0.4 is 10.5 Å². The van der Waals surface area contributed by atoms with Gasteiger partial charge in [-0.25, -0.2) is 0 Å². The highest BCUT2D eigenvalue weighted by Gasteiger charge is 2.06. The first-order valence-corrected chi connectivity index (χ1v) is 6.50. The molecule has 0 aliphatic rings. The van der Waals surface area contributed by atoms with Crippen LogP contribution >= 0.6 is 23.2 Å². The van der Waals surface area contributed by atoms with Gasteiger partial charge in [0, 0.05) is 21.2 Å². The molecular weight excluding hydrogens is 299 g/mol. The maximum Gasteiger partial charge on any atom is 0.170 e. The molecule has 2 aromatic rings. The molecule has 0 spiro atoms. The van der Waals surface area contributed by atoms with Crippen LogP contribution in [0.1, 0.15) is 11.1 Å². The Morgan fingerprint density at radius 1 is 1.20 bits per heavy atom. The van der Waals surface area contributed by atoms with Gasteiger partial charge in [-0.15, -0.1) is 0 Å². The van der Waals surface area contributed by atoms with Crippen molar-refractivity contribution < 1.29 is 9.94 Å². The zero-order chi connectivity index (χ0) is 14.5. The van der Waals surface area contributed by atoms with Gasteiger partial charge in [0.15, 0.2) is 5.84 Å². The fraction of sp³-hybridized carbons (Fsp3) is 0.0714. The summed E-state index contributed by atoms with van der Waals surface area (Å²) in [5, 5.41) is 12.6. The summed E-state index contributed by atoms with van der Waals surface area (Å²) in [7, 11) is 0. The van der Waals surface area contributed by atoms with Crippen molar-refractivity contribution in [1.82, 2.24) is 0 Å². The molecule has 2 rings (SSSR count). The van der Waals surface area contributed by atoms with Crippen molar-refractivity contribution >= 4 is 29.0 Å². The number of ether oxygens (including phenoxy) is 1. The first-order chi connectivity index (χ1) is 9.60. The molecule has 0 aromatic heterocycles. The molecule has 0 heterocycles. The van der Waals surface area contributed by atoms with Crippen molar-refractivity contribution in [3.63, 3.8) is 0 Å². The lowest BCUT2D eigenvalue weighted by atomic mass is 10.1. The molecule has 0 amide bonds. The monoisotopic (exact) mass is 310 g/mol. The van der Waals surface area contributed by atoms with Crippen LogP contribution in [0.15, 0.2) is 47.6 Å². The van der Waals surface area contributed by atoms with E-state index in [-0.39, 0.29) is 5.84 Å². The molecule has 0 aliphatic heterocycles. The van der Waals surface area contributed by atoms with Gasteiger partial charge < -0.3 is 15.7 Å². The molecular formula is C14H12Cl2N2O2. The van der Waals surface area contributed by atoms with Gasteiger partial charge in [-0.1, -0.05) is 46.6 Å². The van der Waals surface area contributed by atoms with Gasteiger partial charge >= 0.3 is 0 Å². The van der Waals surface area contributed by atoms with E-state index in [1.54, 1.807) is 36.4 Å². The summed E-state index contributed by atoms with van der Waals surface area (Å²) < 4.78 is 5.60. The van der Waals surface area contributed by atoms with E-state index in [0.29, 0.717) is 28.0 Å². The Hall–Kier alpha value is -1.91. The predicted molar refractivity (Wildman–Crippen MR) is 79.7 cm³/mol. The van der Waals surface area contributed by atoms with Crippen LogP contribution in [-0.4, -0.2) is 11.0 Å². The Kier molecular flexibility index (Phi) is 4.71. The number of amidine groups is 1. The van der Waals surface area contributed by atoms with Crippen LogP contribution in [0.5, 0.6) is 5.75 Å². The molecule has 3 N–H and O–H groups in total. The van der Waals surface area contributed by atoms with E-state index in [9.17, 15) is 0 Å². The summed E-state index contributed by atoms with van der Waals surface area (Å²) in [5.74, 6) is 0.670. The minimum atomic E-state index is 0.00853. The van der Waals surface area contributed by atoms with Gasteiger partial charge in [0.1, 0.15) is 12.4 Å². The summed E-state index contributed by atoms with van der Waals surface area (Å²) >= 11 is 12.0. The summed E-state index contributed by atoms with van der Waals surface area (Å²) in [4.78, 5) is 0. The predicted octanol–water partition coefficient (Wildman–Crippen LogP) is 3.67. The lowest BCUT2D eigenvalue weighted by Crippen LogP contribution is -2.13. The van der Waals surface area contributed by atoms with E-state index in [2.05, 4.69) is 5.16 Å². The van der Waals surface area contributed by atoms with E-state index in [0.717, 1.165) is 5.56 Å². The van der Waals surface area contributed by atoms with Gasteiger partial charge in [0.25, 0.3) is 0 Å². The Bertz CT molecular complexity index is 645. The quantitative estimate of drug-likeness (QED) is 0.392. The molecule has 0 radical (unpaired) electrons. The van der Waals surface area contributed by atoms with Crippen LogP contribution in [0.4, 0.5) is 0 Å². The van der Waals surface area contributed by atoms with Gasteiger partial charge in [0.05, 0.1) is 0 Å². The zero-order valence-electron chi connectivity index (χ0n) is 10.4. The third kappa shape index (κ3) is 3.56. The highest BCUT2D eigenvalue weighted by molar-refractivity contribution is 6.31. The van der Waals surface area contributed by atoms with Gasteiger partial charge in [-0.2, -0.15) is 0 Å². The molecule has 2 aromatic carbocycles. The largest absolute Gasteiger partial charge is 0.489 e. The smallest absolute Gasteiger partial charge is 0.170 e. The first-order valence-electron chi connectivity index (χ1n) is 5.75. The lowest BCUT2D eigenvalue weighted by molar-refractivity contribution is 0.306. The van der Waals surface area contributed by atoms with Crippen molar-refractivity contribution in [2.45, 2.75) is 6.61 Å². The van der Waals surface area contributed by atoms with Gasteiger partial charge in [-0.3, -0.25) is 0 Å². The maximum atomic E-state index is 8.61. The van der Waals surface area contributed by atoms with Crippen LogP contribution in [0.3, 0.4) is 0 Å². The summed E-state index contributed by atoms with van der Waals surface area (Å²) in [5.41, 5.74) is 6.83. The van der Waals surface area contributed by atoms with E-state index in [4.69, 9.17) is 38.9 Å². The minimum Gasteiger partial charge on any atom is -0.489 e. The summed E-state index contributed by atoms with van der Waals surface area (Å²) in [6.07, 6.45) is 0. The molecule has 6 heteroatoms. The molecule has 0 bridgehead atoms. The zero-order valence-corrected chi connectivity index (χ0v) is 11.9. The maximum absolute atomic E-state index is 8.61. The molecule has 0 unspecified atom stereocenters. The van der Waals surface area contributed by atoms with Crippen LogP contribution in [0.25, 0.3) is 0 Å². The number of hydrogen-bond acceptors (Lipinski definition) is 3. The number of oxime groups is 1. The fourth-order valence-electron chi connectivity index (χ4n) is 1.60. The second-order valence-corrected chi connectivity index (χ2v) is 4.88. The first kappa shape index (κ1) is 14.5. The fourth-order valence-corrected chi connectivity index (χ4v) is 2.01. The Morgan fingerprint density at radius 2 is 2.00 bits per heavy atom. The summed E-state index contributed by atoms with van der Waals surface area (Å²) in [6, 6.07) is 12.2. The van der Waals surface area contributed by atoms with Gasteiger partial charge in [-0.05, 0) is 24.3 Å². The molecule has 20 heavy (non-hydrogen) atoms. The highest BCUT2D eigenvalue weighted by atomic mass is 35.5. The average Bonchev–Trinajstić information content (AvgIpc) is 2.45. The minimum absolute atomic E-state index is 0.00853. The Morgan fingerprint density at radius 3 is 2.65 bits per heavy atom. The Balaban J connectivity index is 2.11. The molecule has 0 fully saturated rings. The topological polar surface area (TPSA) is 67.8 Å². The number of rotatable bonds is 4. The number of hydrogen-bond donors (Lipinski definition) is 2. The van der Waals surface area contributed by atoms with E-state index < -0.39 is 0 Å². The van der Waals surface area contributed by atoms with Crippen LogP contribution in [0, 0.1) is 0 Å². The van der Waals surface area contributed by atoms with Crippen molar-refractivity contribution in [2.75, 3.05) is 0 Å². The number of nitrogens with zero attached hydrogens (tertiary/aromatic N) is 1. The van der Waals surface area contributed by atoms with Crippen LogP contribution in [0.2, 0.25) is 10.0 Å². The molecule has 4 nitrogen and oxygen atoms in total. The van der Waals surface area contributed by atoms with Crippen molar-refractivity contribution in [3.05, 3.63) is 63.6 Å². The third-order valence-electron chi connectivity index (χ3n) is 2.65. The number of nitrogens with two attached hydrogens (primary N) is 1. The number of halogens is 2. The van der Waals surface area contributed by atoms with Gasteiger partial charge in [0.2, 0.25) is 0 Å². The number of benzene rings is 2. The van der Waals surface area contributed by atoms with Crippen LogP contribution in [-0.2, 0) is 6.61 Å². The van der Waals surface area contributed by atoms with E-state index in [1.807, 2.05) is 6.07 Å². The SMILES string of the molecule is N/C(=N/O)c1ccc(COc2cccc(Cl)c2)c(Cl)c1. The molecule has 0 saturated carbocycles. The van der Waals surface area contributed by atoms with Crippen molar-refractivity contribution in [3.8, 4) is 5.75 Å². The second-order valence-electron chi connectivity index (χ2n) is 4.04. The molecule has 0 saturated heterocycles. The lowest BCUT2D eigenvalue weighted by Gasteiger charge is -2.09. The molecule has 0 aliphatic carbocycles. The Labute approximate surface area is 126 Å². The van der Waals surface area contributed by atoms with E-state index >= 15 is 0 Å². The van der Waals surface area contributed by atoms with Crippen molar-refractivity contribution in [1.29, 1.82) is 0 Å². The second kappa shape index (κ2) is 6.50. The third-order valence-corrected chi connectivity index (χ3v) is 3.23. The molecule has 104 valence electrons. The normalized spacial score (nSPS) is 11.4. The average molecular weight is 311 g/mol. The highest BCUT2D eigenvalue weighted by Crippen LogP contribution is 2.22. The molecule has 0 atom stereocenters. The summed E-state index contributed by atoms with van der Waals surface area (Å²) in [6.45, 7) is 0.301.